The fourth-order valence-electron chi connectivity index (χ4n) is 2.49. The number of fused-ring (bicyclic) bond motifs is 1. The topological polar surface area (TPSA) is 64.4 Å². The van der Waals surface area contributed by atoms with E-state index in [1.165, 1.54) is 22.2 Å². The van der Waals surface area contributed by atoms with Gasteiger partial charge < -0.3 is 9.64 Å². The molecule has 0 saturated carbocycles. The normalized spacial score (nSPS) is 22.7. The second kappa shape index (κ2) is 5.57. The molecule has 3 heterocycles. The average molecular weight is 307 g/mol. The quantitative estimate of drug-likeness (QED) is 0.833. The summed E-state index contributed by atoms with van der Waals surface area (Å²) in [4.78, 5) is 31.4. The van der Waals surface area contributed by atoms with Crippen LogP contribution in [-0.2, 0) is 16.1 Å². The summed E-state index contributed by atoms with van der Waals surface area (Å²) in [5.41, 5.74) is -0.163. The van der Waals surface area contributed by atoms with Gasteiger partial charge >= 0.3 is 0 Å². The van der Waals surface area contributed by atoms with E-state index in [4.69, 9.17) is 4.74 Å². The van der Waals surface area contributed by atoms with Gasteiger partial charge in [-0.05, 0) is 25.3 Å². The Bertz CT molecular complexity index is 724. The molecule has 6 nitrogen and oxygen atoms in total. The Labute approximate surface area is 126 Å². The molecule has 0 bridgehead atoms. The molecule has 0 aliphatic carbocycles. The highest BCUT2D eigenvalue weighted by atomic mass is 32.1. The van der Waals surface area contributed by atoms with Gasteiger partial charge in [-0.3, -0.25) is 14.2 Å². The van der Waals surface area contributed by atoms with Gasteiger partial charge in [0.25, 0.3) is 5.56 Å². The van der Waals surface area contributed by atoms with Gasteiger partial charge in [0.1, 0.15) is 11.4 Å². The van der Waals surface area contributed by atoms with Gasteiger partial charge in [-0.25, -0.2) is 4.98 Å². The van der Waals surface area contributed by atoms with Crippen molar-refractivity contribution in [1.82, 2.24) is 14.5 Å². The van der Waals surface area contributed by atoms with E-state index >= 15 is 0 Å². The molecule has 0 aromatic carbocycles. The van der Waals surface area contributed by atoms with Crippen LogP contribution < -0.4 is 5.56 Å². The molecule has 2 atom stereocenters. The Kier molecular flexibility index (Phi) is 3.77. The fourth-order valence-corrected chi connectivity index (χ4v) is 3.22. The third-order valence-electron chi connectivity index (χ3n) is 3.68. The largest absolute Gasteiger partial charge is 0.375 e. The second-order valence-electron chi connectivity index (χ2n) is 5.36. The Morgan fingerprint density at radius 2 is 2.33 bits per heavy atom. The minimum atomic E-state index is -0.163. The highest BCUT2D eigenvalue weighted by Gasteiger charge is 2.27. The van der Waals surface area contributed by atoms with Crippen LogP contribution in [0.15, 0.2) is 22.6 Å². The second-order valence-corrected chi connectivity index (χ2v) is 6.25. The number of rotatable bonds is 2. The van der Waals surface area contributed by atoms with Crippen molar-refractivity contribution in [2.75, 3.05) is 13.2 Å². The lowest BCUT2D eigenvalue weighted by atomic mass is 10.2. The Balaban J connectivity index is 1.82. The predicted octanol–water partition coefficient (Wildman–Crippen LogP) is 1.09. The van der Waals surface area contributed by atoms with E-state index in [-0.39, 0.29) is 30.2 Å². The van der Waals surface area contributed by atoms with Crippen molar-refractivity contribution in [2.45, 2.75) is 32.5 Å². The smallest absolute Gasteiger partial charge is 0.262 e. The molecule has 0 unspecified atom stereocenters. The number of thiophene rings is 1. The molecular weight excluding hydrogens is 290 g/mol. The van der Waals surface area contributed by atoms with Crippen molar-refractivity contribution in [2.24, 2.45) is 0 Å². The zero-order valence-electron chi connectivity index (χ0n) is 12.0. The van der Waals surface area contributed by atoms with Gasteiger partial charge in [0, 0.05) is 6.54 Å². The van der Waals surface area contributed by atoms with Gasteiger partial charge in [0.05, 0.1) is 30.5 Å². The zero-order chi connectivity index (χ0) is 15.0. The predicted molar refractivity (Wildman–Crippen MR) is 80.5 cm³/mol. The summed E-state index contributed by atoms with van der Waals surface area (Å²) in [6.45, 7) is 5.01. The molecule has 1 aliphatic heterocycles. The minimum Gasteiger partial charge on any atom is -0.375 e. The van der Waals surface area contributed by atoms with E-state index in [9.17, 15) is 9.59 Å². The van der Waals surface area contributed by atoms with E-state index in [1.807, 2.05) is 19.2 Å². The number of hydrogen-bond acceptors (Lipinski definition) is 5. The number of ether oxygens (including phenoxy) is 1. The zero-order valence-corrected chi connectivity index (χ0v) is 12.8. The molecule has 1 aliphatic rings. The third kappa shape index (κ3) is 2.71. The van der Waals surface area contributed by atoms with Gasteiger partial charge in [-0.2, -0.15) is 0 Å². The van der Waals surface area contributed by atoms with Crippen LogP contribution in [0.25, 0.3) is 10.2 Å². The number of nitrogens with zero attached hydrogens (tertiary/aromatic N) is 3. The maximum absolute atomic E-state index is 12.4. The lowest BCUT2D eigenvalue weighted by molar-refractivity contribution is -0.143. The fraction of sp³-hybridized carbons (Fsp3) is 0.500. The SMILES string of the molecule is C[C@@H]1CO[C@@H](C)CN1C(=O)Cn1cnc2sccc2c1=O. The maximum Gasteiger partial charge on any atom is 0.262 e. The number of carbonyl (C=O) groups is 1. The van der Waals surface area contributed by atoms with Crippen LogP contribution in [0.1, 0.15) is 13.8 Å². The minimum absolute atomic E-state index is 0.0225. The van der Waals surface area contributed by atoms with Gasteiger partial charge in [0.2, 0.25) is 5.91 Å². The summed E-state index contributed by atoms with van der Waals surface area (Å²) in [5.74, 6) is -0.0730. The Morgan fingerprint density at radius 3 is 3.14 bits per heavy atom. The van der Waals surface area contributed by atoms with Gasteiger partial charge in [-0.1, -0.05) is 0 Å². The molecule has 1 saturated heterocycles. The molecule has 1 fully saturated rings. The summed E-state index contributed by atoms with van der Waals surface area (Å²) < 4.78 is 6.90. The number of hydrogen-bond donors (Lipinski definition) is 0. The molecular formula is C14H17N3O3S. The van der Waals surface area contributed by atoms with Crippen molar-refractivity contribution in [3.8, 4) is 0 Å². The number of morpholine rings is 1. The van der Waals surface area contributed by atoms with E-state index in [0.717, 1.165) is 0 Å². The first-order chi connectivity index (χ1) is 10.1. The summed E-state index contributed by atoms with van der Waals surface area (Å²) in [6.07, 6.45) is 1.48. The Morgan fingerprint density at radius 1 is 1.52 bits per heavy atom. The molecule has 1 amide bonds. The summed E-state index contributed by atoms with van der Waals surface area (Å²) >= 11 is 1.42. The van der Waals surface area contributed by atoms with Gasteiger partial charge in [0.15, 0.2) is 0 Å². The van der Waals surface area contributed by atoms with Crippen molar-refractivity contribution in [1.29, 1.82) is 0 Å². The van der Waals surface area contributed by atoms with Crippen LogP contribution in [0.2, 0.25) is 0 Å². The van der Waals surface area contributed by atoms with Crippen LogP contribution in [-0.4, -0.2) is 45.7 Å². The van der Waals surface area contributed by atoms with Crippen LogP contribution in [0.4, 0.5) is 0 Å². The van der Waals surface area contributed by atoms with Crippen LogP contribution in [0, 0.1) is 0 Å². The van der Waals surface area contributed by atoms with E-state index in [2.05, 4.69) is 4.98 Å². The van der Waals surface area contributed by atoms with Gasteiger partial charge in [-0.15, -0.1) is 11.3 Å². The highest BCUT2D eigenvalue weighted by Crippen LogP contribution is 2.14. The summed E-state index contributed by atoms with van der Waals surface area (Å²) in [7, 11) is 0. The summed E-state index contributed by atoms with van der Waals surface area (Å²) in [6, 6.07) is 1.78. The van der Waals surface area contributed by atoms with E-state index in [0.29, 0.717) is 23.4 Å². The van der Waals surface area contributed by atoms with Crippen LogP contribution in [0.5, 0.6) is 0 Å². The molecule has 2 aromatic rings. The first-order valence-electron chi connectivity index (χ1n) is 6.90. The number of amides is 1. The highest BCUT2D eigenvalue weighted by molar-refractivity contribution is 7.16. The standard InChI is InChI=1S/C14H17N3O3S/c1-9-7-20-10(2)5-17(9)12(18)6-16-8-15-13-11(14(16)19)3-4-21-13/h3-4,8-10H,5-7H2,1-2H3/t9-,10+/m1/s1. The van der Waals surface area contributed by atoms with Crippen molar-refractivity contribution in [3.05, 3.63) is 28.1 Å². The van der Waals surface area contributed by atoms with Crippen molar-refractivity contribution < 1.29 is 9.53 Å². The Hall–Kier alpha value is -1.73. The van der Waals surface area contributed by atoms with E-state index in [1.54, 1.807) is 11.0 Å². The van der Waals surface area contributed by atoms with Crippen molar-refractivity contribution >= 4 is 27.5 Å². The first-order valence-corrected chi connectivity index (χ1v) is 7.78. The molecule has 21 heavy (non-hydrogen) atoms. The monoisotopic (exact) mass is 307 g/mol. The lowest BCUT2D eigenvalue weighted by Crippen LogP contribution is -2.51. The third-order valence-corrected chi connectivity index (χ3v) is 4.50. The maximum atomic E-state index is 12.4. The molecule has 0 spiro atoms. The first kappa shape index (κ1) is 14.2. The lowest BCUT2D eigenvalue weighted by Gasteiger charge is -2.36. The molecule has 2 aromatic heterocycles. The van der Waals surface area contributed by atoms with Crippen LogP contribution >= 0.6 is 11.3 Å². The van der Waals surface area contributed by atoms with E-state index < -0.39 is 0 Å². The molecule has 7 heteroatoms. The average Bonchev–Trinajstić information content (AvgIpc) is 2.93. The number of aromatic nitrogens is 2. The molecule has 112 valence electrons. The summed E-state index contributed by atoms with van der Waals surface area (Å²) in [5, 5.41) is 2.40. The van der Waals surface area contributed by atoms with Crippen molar-refractivity contribution in [3.63, 3.8) is 0 Å². The molecule has 0 N–H and O–H groups in total. The number of carbonyl (C=O) groups excluding carboxylic acids is 1. The van der Waals surface area contributed by atoms with Crippen LogP contribution in [0.3, 0.4) is 0 Å². The molecule has 3 rings (SSSR count). The molecule has 0 radical (unpaired) electrons.